The zero-order valence-corrected chi connectivity index (χ0v) is 16.4. The van der Waals surface area contributed by atoms with Crippen molar-refractivity contribution in [2.24, 2.45) is 0 Å². The number of rotatable bonds is 6. The minimum Gasteiger partial charge on any atom is -0.355 e. The topological polar surface area (TPSA) is 75.3 Å². The Morgan fingerprint density at radius 1 is 1.10 bits per heavy atom. The molecule has 1 unspecified atom stereocenters. The van der Waals surface area contributed by atoms with E-state index < -0.39 is 29.4 Å². The molecule has 0 saturated carbocycles. The molecule has 2 heterocycles. The third-order valence-electron chi connectivity index (χ3n) is 4.86. The van der Waals surface area contributed by atoms with E-state index in [1.807, 2.05) is 0 Å². The summed E-state index contributed by atoms with van der Waals surface area (Å²) in [4.78, 5) is 38.2. The highest BCUT2D eigenvalue weighted by Crippen LogP contribution is 2.34. The summed E-state index contributed by atoms with van der Waals surface area (Å²) in [5.74, 6) is -3.68. The van der Waals surface area contributed by atoms with Gasteiger partial charge in [-0.25, -0.2) is 8.78 Å². The summed E-state index contributed by atoms with van der Waals surface area (Å²) in [5, 5.41) is 7.06. The molecule has 152 valence electrons. The van der Waals surface area contributed by atoms with Crippen LogP contribution in [0.1, 0.15) is 32.3 Å². The van der Waals surface area contributed by atoms with E-state index in [0.717, 1.165) is 12.1 Å². The van der Waals surface area contributed by atoms with Crippen LogP contribution in [0.5, 0.6) is 0 Å². The van der Waals surface area contributed by atoms with Crippen molar-refractivity contribution in [3.63, 3.8) is 0 Å². The molecule has 8 heteroatoms. The van der Waals surface area contributed by atoms with Gasteiger partial charge >= 0.3 is 0 Å². The Morgan fingerprint density at radius 2 is 1.93 bits per heavy atom. The number of carbonyl (C=O) groups excluding carboxylic acids is 3. The number of halogens is 2. The van der Waals surface area contributed by atoms with Crippen LogP contribution < -0.4 is 10.6 Å². The van der Waals surface area contributed by atoms with E-state index in [9.17, 15) is 23.2 Å². The largest absolute Gasteiger partial charge is 0.355 e. The lowest BCUT2D eigenvalue weighted by molar-refractivity contribution is -0.128. The molecule has 0 bridgehead atoms. The van der Waals surface area contributed by atoms with Crippen molar-refractivity contribution in [3.8, 4) is 0 Å². The van der Waals surface area contributed by atoms with Crippen LogP contribution in [-0.4, -0.2) is 24.1 Å². The first kappa shape index (κ1) is 19.9. The molecule has 0 saturated heterocycles. The lowest BCUT2D eigenvalue weighted by atomic mass is 9.96. The number of carbonyl (C=O) groups is 3. The summed E-state index contributed by atoms with van der Waals surface area (Å²) in [6.45, 7) is 0.0777. The van der Waals surface area contributed by atoms with Gasteiger partial charge in [0.15, 0.2) is 0 Å². The highest BCUT2D eigenvalue weighted by Gasteiger charge is 2.36. The molecule has 5 nitrogen and oxygen atoms in total. The normalized spacial score (nSPS) is 14.9. The Labute approximate surface area is 174 Å². The van der Waals surface area contributed by atoms with Gasteiger partial charge in [0.2, 0.25) is 17.6 Å². The molecule has 0 spiro atoms. The van der Waals surface area contributed by atoms with Gasteiger partial charge in [-0.2, -0.15) is 0 Å². The Balaban J connectivity index is 1.48. The number of fused-ring (bicyclic) bond motifs is 1. The molecule has 0 fully saturated rings. The average molecular weight is 426 g/mol. The Morgan fingerprint density at radius 3 is 2.67 bits per heavy atom. The number of hydrogen-bond donors (Lipinski definition) is 2. The number of ketones is 1. The third-order valence-corrected chi connectivity index (χ3v) is 5.73. The number of hydrogen-bond acceptors (Lipinski definition) is 4. The second-order valence-corrected chi connectivity index (χ2v) is 7.76. The van der Waals surface area contributed by atoms with E-state index in [4.69, 9.17) is 0 Å². The first-order chi connectivity index (χ1) is 14.4. The molecule has 2 aromatic carbocycles. The molecule has 30 heavy (non-hydrogen) atoms. The fourth-order valence-corrected chi connectivity index (χ4v) is 4.05. The summed E-state index contributed by atoms with van der Waals surface area (Å²) in [7, 11) is 0. The van der Waals surface area contributed by atoms with Gasteiger partial charge in [0, 0.05) is 23.9 Å². The lowest BCUT2D eigenvalue weighted by Crippen LogP contribution is -2.34. The van der Waals surface area contributed by atoms with Crippen molar-refractivity contribution < 1.29 is 23.2 Å². The smallest absolute Gasteiger partial charge is 0.241 e. The number of nitrogens with one attached hydrogen (secondary N) is 2. The van der Waals surface area contributed by atoms with Gasteiger partial charge in [-0.1, -0.05) is 12.1 Å². The average Bonchev–Trinajstić information content (AvgIpc) is 3.35. The molecular weight excluding hydrogens is 410 g/mol. The summed E-state index contributed by atoms with van der Waals surface area (Å²) >= 11 is 1.31. The number of amides is 2. The number of benzene rings is 2. The summed E-state index contributed by atoms with van der Waals surface area (Å²) in [5.41, 5.74) is 1.55. The molecule has 1 aromatic heterocycles. The van der Waals surface area contributed by atoms with Crippen LogP contribution in [0.4, 0.5) is 14.5 Å². The standard InChI is InChI=1S/C22H16F2N2O3S/c23-14-5-3-12(16(24)11-14)7-8-25-21(28)19-15-10-13(4-6-17(15)26-22(19)29)20(27)18-2-1-9-30-18/h1-6,9-11,19H,7-8H2,(H,25,28)(H,26,29). The second-order valence-electron chi connectivity index (χ2n) is 6.81. The second kappa shape index (κ2) is 8.16. The maximum atomic E-state index is 13.7. The van der Waals surface area contributed by atoms with Crippen molar-refractivity contribution in [1.82, 2.24) is 5.32 Å². The molecule has 1 aliphatic heterocycles. The molecule has 0 aliphatic carbocycles. The Bertz CT molecular complexity index is 1150. The molecule has 2 N–H and O–H groups in total. The van der Waals surface area contributed by atoms with Crippen LogP contribution in [0, 0.1) is 11.6 Å². The molecule has 1 aliphatic rings. The molecule has 1 atom stereocenters. The quantitative estimate of drug-likeness (QED) is 0.467. The van der Waals surface area contributed by atoms with Gasteiger partial charge in [0.1, 0.15) is 17.6 Å². The van der Waals surface area contributed by atoms with Crippen LogP contribution in [0.15, 0.2) is 53.9 Å². The minimum atomic E-state index is -1.10. The third kappa shape index (κ3) is 3.86. The Hall–Kier alpha value is -3.39. The highest BCUT2D eigenvalue weighted by atomic mass is 32.1. The van der Waals surface area contributed by atoms with Crippen LogP contribution >= 0.6 is 11.3 Å². The maximum Gasteiger partial charge on any atom is 0.241 e. The number of anilines is 1. The van der Waals surface area contributed by atoms with Gasteiger partial charge in [-0.15, -0.1) is 11.3 Å². The summed E-state index contributed by atoms with van der Waals surface area (Å²) in [6, 6.07) is 11.5. The van der Waals surface area contributed by atoms with Gasteiger partial charge in [-0.3, -0.25) is 14.4 Å². The van der Waals surface area contributed by atoms with Gasteiger partial charge in [0.05, 0.1) is 4.88 Å². The van der Waals surface area contributed by atoms with Crippen molar-refractivity contribution in [1.29, 1.82) is 0 Å². The maximum absolute atomic E-state index is 13.7. The van der Waals surface area contributed by atoms with E-state index in [2.05, 4.69) is 10.6 Å². The van der Waals surface area contributed by atoms with Crippen molar-refractivity contribution in [3.05, 3.63) is 87.1 Å². The van der Waals surface area contributed by atoms with Crippen LogP contribution in [0.3, 0.4) is 0 Å². The van der Waals surface area contributed by atoms with Crippen LogP contribution in [0.2, 0.25) is 0 Å². The molecule has 4 rings (SSSR count). The van der Waals surface area contributed by atoms with Crippen molar-refractivity contribution >= 4 is 34.6 Å². The molecule has 3 aromatic rings. The van der Waals surface area contributed by atoms with Crippen molar-refractivity contribution in [2.45, 2.75) is 12.3 Å². The Kier molecular flexibility index (Phi) is 5.41. The first-order valence-electron chi connectivity index (χ1n) is 9.18. The van der Waals surface area contributed by atoms with E-state index in [0.29, 0.717) is 21.7 Å². The van der Waals surface area contributed by atoms with Gasteiger partial charge in [-0.05, 0) is 53.3 Å². The molecular formula is C22H16F2N2O3S. The first-order valence-corrected chi connectivity index (χ1v) is 10.1. The van der Waals surface area contributed by atoms with Gasteiger partial charge in [0.25, 0.3) is 0 Å². The van der Waals surface area contributed by atoms with Crippen LogP contribution in [0.25, 0.3) is 0 Å². The summed E-state index contributed by atoms with van der Waals surface area (Å²) < 4.78 is 26.7. The fourth-order valence-electron chi connectivity index (χ4n) is 3.36. The minimum absolute atomic E-state index is 0.0777. The highest BCUT2D eigenvalue weighted by molar-refractivity contribution is 7.12. The van der Waals surface area contributed by atoms with Crippen molar-refractivity contribution in [2.75, 3.05) is 11.9 Å². The molecule has 0 radical (unpaired) electrons. The predicted molar refractivity (Wildman–Crippen MR) is 109 cm³/mol. The van der Waals surface area contributed by atoms with E-state index in [1.165, 1.54) is 17.4 Å². The predicted octanol–water partition coefficient (Wildman–Crippen LogP) is 3.65. The SMILES string of the molecule is O=C(c1ccc2c(c1)C(C(=O)NCCc1ccc(F)cc1F)C(=O)N2)c1cccs1. The van der Waals surface area contributed by atoms with Gasteiger partial charge < -0.3 is 10.6 Å². The lowest BCUT2D eigenvalue weighted by Gasteiger charge is -2.11. The zero-order chi connectivity index (χ0) is 21.3. The number of thiophene rings is 1. The zero-order valence-electron chi connectivity index (χ0n) is 15.6. The molecule has 2 amide bonds. The monoisotopic (exact) mass is 426 g/mol. The van der Waals surface area contributed by atoms with Crippen LogP contribution in [-0.2, 0) is 16.0 Å². The summed E-state index contributed by atoms with van der Waals surface area (Å²) in [6.07, 6.45) is 0.149. The van der Waals surface area contributed by atoms with E-state index in [1.54, 1.807) is 35.7 Å². The van der Waals surface area contributed by atoms with E-state index >= 15 is 0 Å². The fraction of sp³-hybridized carbons (Fsp3) is 0.136. The van der Waals surface area contributed by atoms with E-state index in [-0.39, 0.29) is 24.3 Å².